The predicted molar refractivity (Wildman–Crippen MR) is 101 cm³/mol. The Labute approximate surface area is 154 Å². The summed E-state index contributed by atoms with van der Waals surface area (Å²) in [4.78, 5) is 12.0. The average molecular weight is 360 g/mol. The van der Waals surface area contributed by atoms with Gasteiger partial charge in [-0.1, -0.05) is 24.3 Å². The number of nitrogens with zero attached hydrogens (tertiary/aromatic N) is 2. The van der Waals surface area contributed by atoms with Crippen LogP contribution in [0.15, 0.2) is 54.9 Å². The van der Waals surface area contributed by atoms with Gasteiger partial charge in [-0.15, -0.1) is 0 Å². The van der Waals surface area contributed by atoms with Crippen molar-refractivity contribution >= 4 is 22.5 Å². The van der Waals surface area contributed by atoms with Gasteiger partial charge in [-0.2, -0.15) is 0 Å². The Hall–Kier alpha value is -3.58. The van der Waals surface area contributed by atoms with Crippen LogP contribution in [0.5, 0.6) is 11.5 Å². The van der Waals surface area contributed by atoms with E-state index in [1.54, 1.807) is 0 Å². The summed E-state index contributed by atoms with van der Waals surface area (Å²) in [6.45, 7) is 0.273. The van der Waals surface area contributed by atoms with Gasteiger partial charge in [0.05, 0.1) is 12.0 Å². The number of aliphatic hydroxyl groups excluding tert-OH is 1. The van der Waals surface area contributed by atoms with E-state index in [9.17, 15) is 5.11 Å². The molecule has 2 aromatic heterocycles. The number of hydrogen-bond donors (Lipinski definition) is 3. The molecule has 3 heterocycles. The molecule has 1 aliphatic rings. The Morgan fingerprint density at radius 2 is 1.85 bits per heavy atom. The highest BCUT2D eigenvalue weighted by Gasteiger charge is 2.15. The quantitative estimate of drug-likeness (QED) is 0.515. The van der Waals surface area contributed by atoms with Crippen LogP contribution in [0.3, 0.4) is 0 Å². The second-order valence-corrected chi connectivity index (χ2v) is 6.22. The first-order valence-electron chi connectivity index (χ1n) is 8.51. The molecule has 0 saturated heterocycles. The van der Waals surface area contributed by atoms with E-state index in [1.807, 2.05) is 48.5 Å². The maximum atomic E-state index is 9.20. The van der Waals surface area contributed by atoms with Crippen molar-refractivity contribution in [1.82, 2.24) is 15.0 Å². The van der Waals surface area contributed by atoms with Crippen molar-refractivity contribution in [2.24, 2.45) is 0 Å². The summed E-state index contributed by atoms with van der Waals surface area (Å²) in [5, 5.41) is 13.4. The standard InChI is InChI=1S/C20H16N4O3/c25-9-12-1-3-13(4-2-12)16-8-15-19(21-10-22-20(15)24-16)23-14-5-6-17-18(7-14)27-11-26-17/h1-8,10,25H,9,11H2,(H2,21,22,23,24). The second kappa shape index (κ2) is 6.30. The molecule has 1 aliphatic heterocycles. The van der Waals surface area contributed by atoms with Gasteiger partial charge in [-0.05, 0) is 29.3 Å². The molecule has 0 spiro atoms. The lowest BCUT2D eigenvalue weighted by Gasteiger charge is -2.07. The lowest BCUT2D eigenvalue weighted by molar-refractivity contribution is 0.174. The van der Waals surface area contributed by atoms with E-state index < -0.39 is 0 Å². The smallest absolute Gasteiger partial charge is 0.231 e. The van der Waals surface area contributed by atoms with Crippen LogP contribution in [0.25, 0.3) is 22.3 Å². The van der Waals surface area contributed by atoms with Crippen molar-refractivity contribution in [3.63, 3.8) is 0 Å². The molecular formula is C20H16N4O3. The molecule has 7 nitrogen and oxygen atoms in total. The van der Waals surface area contributed by atoms with Crippen LogP contribution < -0.4 is 14.8 Å². The number of ether oxygens (including phenoxy) is 2. The summed E-state index contributed by atoms with van der Waals surface area (Å²) >= 11 is 0. The van der Waals surface area contributed by atoms with Gasteiger partial charge in [-0.25, -0.2) is 9.97 Å². The lowest BCUT2D eigenvalue weighted by atomic mass is 10.1. The van der Waals surface area contributed by atoms with Crippen LogP contribution in [-0.4, -0.2) is 26.9 Å². The minimum absolute atomic E-state index is 0.0298. The van der Waals surface area contributed by atoms with E-state index in [0.717, 1.165) is 39.3 Å². The minimum atomic E-state index is 0.0298. The van der Waals surface area contributed by atoms with Gasteiger partial charge in [0, 0.05) is 17.4 Å². The van der Waals surface area contributed by atoms with Gasteiger partial charge in [0.2, 0.25) is 6.79 Å². The van der Waals surface area contributed by atoms with Crippen LogP contribution in [0, 0.1) is 0 Å². The Kier molecular flexibility index (Phi) is 3.65. The third kappa shape index (κ3) is 2.84. The number of nitrogens with one attached hydrogen (secondary N) is 2. The molecule has 2 aromatic carbocycles. The third-order valence-corrected chi connectivity index (χ3v) is 4.51. The number of rotatable bonds is 4. The van der Waals surface area contributed by atoms with E-state index in [-0.39, 0.29) is 13.4 Å². The molecule has 5 rings (SSSR count). The normalized spacial score (nSPS) is 12.5. The first-order valence-corrected chi connectivity index (χ1v) is 8.51. The van der Waals surface area contributed by atoms with Gasteiger partial charge < -0.3 is 24.9 Å². The highest BCUT2D eigenvalue weighted by atomic mass is 16.7. The van der Waals surface area contributed by atoms with Gasteiger partial charge >= 0.3 is 0 Å². The second-order valence-electron chi connectivity index (χ2n) is 6.22. The molecule has 3 N–H and O–H groups in total. The maximum absolute atomic E-state index is 9.20. The Balaban J connectivity index is 1.50. The van der Waals surface area contributed by atoms with Crippen molar-refractivity contribution in [1.29, 1.82) is 0 Å². The van der Waals surface area contributed by atoms with Gasteiger partial charge in [-0.3, -0.25) is 0 Å². The molecule has 4 aromatic rings. The number of aromatic nitrogens is 3. The molecule has 7 heteroatoms. The number of anilines is 2. The van der Waals surface area contributed by atoms with Crippen LogP contribution >= 0.6 is 0 Å². The highest BCUT2D eigenvalue weighted by Crippen LogP contribution is 2.36. The topological polar surface area (TPSA) is 92.3 Å². The molecule has 0 bridgehead atoms. The fourth-order valence-electron chi connectivity index (χ4n) is 3.10. The Morgan fingerprint density at radius 3 is 2.70 bits per heavy atom. The summed E-state index contributed by atoms with van der Waals surface area (Å²) in [6.07, 6.45) is 1.52. The third-order valence-electron chi connectivity index (χ3n) is 4.51. The summed E-state index contributed by atoms with van der Waals surface area (Å²) in [6, 6.07) is 15.4. The summed E-state index contributed by atoms with van der Waals surface area (Å²) < 4.78 is 10.8. The number of fused-ring (bicyclic) bond motifs is 2. The minimum Gasteiger partial charge on any atom is -0.454 e. The monoisotopic (exact) mass is 360 g/mol. The Bertz CT molecular complexity index is 1120. The van der Waals surface area contributed by atoms with Gasteiger partial charge in [0.25, 0.3) is 0 Å². The van der Waals surface area contributed by atoms with E-state index in [4.69, 9.17) is 9.47 Å². The predicted octanol–water partition coefficient (Wildman–Crippen LogP) is 3.59. The van der Waals surface area contributed by atoms with Crippen molar-refractivity contribution in [2.45, 2.75) is 6.61 Å². The lowest BCUT2D eigenvalue weighted by Crippen LogP contribution is -1.95. The molecule has 0 amide bonds. The van der Waals surface area contributed by atoms with Crippen molar-refractivity contribution in [2.75, 3.05) is 12.1 Å². The number of H-pyrrole nitrogens is 1. The fourth-order valence-corrected chi connectivity index (χ4v) is 3.10. The highest BCUT2D eigenvalue weighted by molar-refractivity contribution is 5.93. The molecular weight excluding hydrogens is 344 g/mol. The molecule has 134 valence electrons. The molecule has 0 saturated carbocycles. The zero-order chi connectivity index (χ0) is 18.2. The van der Waals surface area contributed by atoms with Crippen LogP contribution in [0.1, 0.15) is 5.56 Å². The van der Waals surface area contributed by atoms with Crippen molar-refractivity contribution in [3.8, 4) is 22.8 Å². The van der Waals surface area contributed by atoms with E-state index in [1.165, 1.54) is 6.33 Å². The molecule has 0 radical (unpaired) electrons. The fraction of sp³-hybridized carbons (Fsp3) is 0.100. The first kappa shape index (κ1) is 15.7. The largest absolute Gasteiger partial charge is 0.454 e. The number of hydrogen-bond acceptors (Lipinski definition) is 6. The number of benzene rings is 2. The zero-order valence-corrected chi connectivity index (χ0v) is 14.3. The number of aliphatic hydroxyl groups is 1. The van der Waals surface area contributed by atoms with Crippen LogP contribution in [0.2, 0.25) is 0 Å². The molecule has 0 fully saturated rings. The Morgan fingerprint density at radius 1 is 1.00 bits per heavy atom. The summed E-state index contributed by atoms with van der Waals surface area (Å²) in [5.74, 6) is 2.15. The zero-order valence-electron chi connectivity index (χ0n) is 14.3. The van der Waals surface area contributed by atoms with Gasteiger partial charge in [0.1, 0.15) is 17.8 Å². The van der Waals surface area contributed by atoms with Crippen LogP contribution in [-0.2, 0) is 6.61 Å². The average Bonchev–Trinajstić information content (AvgIpc) is 3.35. The SMILES string of the molecule is OCc1ccc(-c2cc3c(Nc4ccc5c(c4)OCO5)ncnc3[nH]2)cc1. The van der Waals surface area contributed by atoms with E-state index >= 15 is 0 Å². The molecule has 0 aliphatic carbocycles. The van der Waals surface area contributed by atoms with E-state index in [0.29, 0.717) is 11.6 Å². The molecule has 27 heavy (non-hydrogen) atoms. The number of aromatic amines is 1. The van der Waals surface area contributed by atoms with E-state index in [2.05, 4.69) is 20.3 Å². The summed E-state index contributed by atoms with van der Waals surface area (Å²) in [7, 11) is 0. The molecule has 0 unspecified atom stereocenters. The maximum Gasteiger partial charge on any atom is 0.231 e. The van der Waals surface area contributed by atoms with Gasteiger partial charge in [0.15, 0.2) is 11.5 Å². The molecule has 0 atom stereocenters. The first-order chi connectivity index (χ1) is 13.3. The van der Waals surface area contributed by atoms with Crippen LogP contribution in [0.4, 0.5) is 11.5 Å². The van der Waals surface area contributed by atoms with Crippen molar-refractivity contribution in [3.05, 3.63) is 60.4 Å². The van der Waals surface area contributed by atoms with Crippen molar-refractivity contribution < 1.29 is 14.6 Å². The summed E-state index contributed by atoms with van der Waals surface area (Å²) in [5.41, 5.74) is 4.42.